The van der Waals surface area contributed by atoms with Crippen LogP contribution in [0.2, 0.25) is 0 Å². The molecule has 1 atom stereocenters. The van der Waals surface area contributed by atoms with Crippen LogP contribution >= 0.6 is 0 Å². The zero-order valence-electron chi connectivity index (χ0n) is 9.69. The minimum Gasteiger partial charge on any atom is -0.481 e. The molecule has 0 aliphatic heterocycles. The molecule has 1 unspecified atom stereocenters. The lowest BCUT2D eigenvalue weighted by Gasteiger charge is -2.08. The SMILES string of the molecule is COc1cccc(C(=O)C(C)CC(C)=O)n1. The molecule has 4 heteroatoms. The molecule has 1 aromatic rings. The lowest BCUT2D eigenvalue weighted by atomic mass is 9.98. The molecule has 0 fully saturated rings. The number of nitrogens with zero attached hydrogens (tertiary/aromatic N) is 1. The van der Waals surface area contributed by atoms with Crippen LogP contribution in [0.3, 0.4) is 0 Å². The zero-order valence-corrected chi connectivity index (χ0v) is 9.69. The largest absolute Gasteiger partial charge is 0.481 e. The second-order valence-electron chi connectivity index (χ2n) is 3.74. The first-order valence-corrected chi connectivity index (χ1v) is 5.09. The van der Waals surface area contributed by atoms with Gasteiger partial charge in [-0.3, -0.25) is 4.79 Å². The Morgan fingerprint density at radius 3 is 2.69 bits per heavy atom. The number of hydrogen-bond donors (Lipinski definition) is 0. The zero-order chi connectivity index (χ0) is 12.1. The molecule has 1 heterocycles. The highest BCUT2D eigenvalue weighted by Gasteiger charge is 2.18. The summed E-state index contributed by atoms with van der Waals surface area (Å²) in [6.07, 6.45) is 0.248. The number of ether oxygens (including phenoxy) is 1. The molecule has 0 spiro atoms. The summed E-state index contributed by atoms with van der Waals surface area (Å²) < 4.78 is 4.94. The van der Waals surface area contributed by atoms with Gasteiger partial charge in [-0.05, 0) is 13.0 Å². The fraction of sp³-hybridized carbons (Fsp3) is 0.417. The molecule has 0 N–H and O–H groups in total. The van der Waals surface area contributed by atoms with Gasteiger partial charge in [0.2, 0.25) is 5.88 Å². The van der Waals surface area contributed by atoms with Crippen molar-refractivity contribution >= 4 is 11.6 Å². The third kappa shape index (κ3) is 3.15. The average Bonchev–Trinajstić information content (AvgIpc) is 2.27. The predicted molar refractivity (Wildman–Crippen MR) is 59.6 cm³/mol. The third-order valence-corrected chi connectivity index (χ3v) is 2.23. The number of Topliss-reactive ketones (excluding diaryl/α,β-unsaturated/α-hetero) is 2. The van der Waals surface area contributed by atoms with Crippen molar-refractivity contribution in [1.29, 1.82) is 0 Å². The van der Waals surface area contributed by atoms with E-state index in [0.717, 1.165) is 0 Å². The Morgan fingerprint density at radius 1 is 1.44 bits per heavy atom. The number of aromatic nitrogens is 1. The number of carbonyl (C=O) groups is 2. The standard InChI is InChI=1S/C12H15NO3/c1-8(7-9(2)14)12(15)10-5-4-6-11(13-10)16-3/h4-6,8H,7H2,1-3H3. The quantitative estimate of drug-likeness (QED) is 0.712. The van der Waals surface area contributed by atoms with Crippen LogP contribution in [0.4, 0.5) is 0 Å². The van der Waals surface area contributed by atoms with E-state index in [1.807, 2.05) is 0 Å². The van der Waals surface area contributed by atoms with Gasteiger partial charge in [-0.1, -0.05) is 13.0 Å². The maximum absolute atomic E-state index is 11.9. The lowest BCUT2D eigenvalue weighted by molar-refractivity contribution is -0.117. The molecule has 0 aliphatic carbocycles. The van der Waals surface area contributed by atoms with E-state index in [9.17, 15) is 9.59 Å². The minimum atomic E-state index is -0.336. The molecule has 0 radical (unpaired) electrons. The Balaban J connectivity index is 2.83. The van der Waals surface area contributed by atoms with Gasteiger partial charge in [-0.25, -0.2) is 4.98 Å². The summed E-state index contributed by atoms with van der Waals surface area (Å²) in [4.78, 5) is 26.8. The Labute approximate surface area is 94.6 Å². The van der Waals surface area contributed by atoms with Crippen LogP contribution in [0.1, 0.15) is 30.8 Å². The smallest absolute Gasteiger partial charge is 0.213 e. The Bertz CT molecular complexity index is 401. The topological polar surface area (TPSA) is 56.3 Å². The fourth-order valence-corrected chi connectivity index (χ4v) is 1.44. The van der Waals surface area contributed by atoms with Crippen molar-refractivity contribution in [3.63, 3.8) is 0 Å². The molecular formula is C12H15NO3. The van der Waals surface area contributed by atoms with Gasteiger partial charge in [-0.2, -0.15) is 0 Å². The molecular weight excluding hydrogens is 206 g/mol. The molecule has 0 aliphatic rings. The first-order valence-electron chi connectivity index (χ1n) is 5.09. The summed E-state index contributed by atoms with van der Waals surface area (Å²) in [5, 5.41) is 0. The van der Waals surface area contributed by atoms with Crippen LogP contribution in [0, 0.1) is 5.92 Å². The van der Waals surface area contributed by atoms with Crippen molar-refractivity contribution in [3.8, 4) is 5.88 Å². The molecule has 1 rings (SSSR count). The highest BCUT2D eigenvalue weighted by Crippen LogP contribution is 2.13. The van der Waals surface area contributed by atoms with Gasteiger partial charge in [0.05, 0.1) is 7.11 Å². The van der Waals surface area contributed by atoms with E-state index in [1.165, 1.54) is 14.0 Å². The lowest BCUT2D eigenvalue weighted by Crippen LogP contribution is -2.15. The minimum absolute atomic E-state index is 0.00347. The molecule has 0 bridgehead atoms. The number of ketones is 2. The predicted octanol–water partition coefficient (Wildman–Crippen LogP) is 1.89. The summed E-state index contributed by atoms with van der Waals surface area (Å²) >= 11 is 0. The molecule has 86 valence electrons. The van der Waals surface area contributed by atoms with Gasteiger partial charge in [-0.15, -0.1) is 0 Å². The number of methoxy groups -OCH3 is 1. The fourth-order valence-electron chi connectivity index (χ4n) is 1.44. The maximum atomic E-state index is 11.9. The Morgan fingerprint density at radius 2 is 2.12 bits per heavy atom. The molecule has 0 amide bonds. The van der Waals surface area contributed by atoms with Crippen LogP contribution < -0.4 is 4.74 Å². The molecule has 0 saturated carbocycles. The van der Waals surface area contributed by atoms with Gasteiger partial charge >= 0.3 is 0 Å². The van der Waals surface area contributed by atoms with Crippen LogP contribution in [-0.2, 0) is 4.79 Å². The van der Waals surface area contributed by atoms with Crippen LogP contribution in [-0.4, -0.2) is 23.7 Å². The summed E-state index contributed by atoms with van der Waals surface area (Å²) in [7, 11) is 1.50. The Hall–Kier alpha value is -1.71. The summed E-state index contributed by atoms with van der Waals surface area (Å²) in [5.74, 6) is -0.0594. The summed E-state index contributed by atoms with van der Waals surface area (Å²) in [6.45, 7) is 3.20. The maximum Gasteiger partial charge on any atom is 0.213 e. The van der Waals surface area contributed by atoms with Crippen molar-refractivity contribution in [3.05, 3.63) is 23.9 Å². The molecule has 0 saturated heterocycles. The van der Waals surface area contributed by atoms with E-state index in [4.69, 9.17) is 4.74 Å². The van der Waals surface area contributed by atoms with Gasteiger partial charge in [0, 0.05) is 18.4 Å². The molecule has 4 nitrogen and oxygen atoms in total. The second-order valence-corrected chi connectivity index (χ2v) is 3.74. The second kappa shape index (κ2) is 5.39. The van der Waals surface area contributed by atoms with Crippen molar-refractivity contribution in [1.82, 2.24) is 4.98 Å². The number of pyridine rings is 1. The molecule has 1 aromatic heterocycles. The first-order chi connectivity index (χ1) is 7.54. The Kier molecular flexibility index (Phi) is 4.17. The summed E-state index contributed by atoms with van der Waals surface area (Å²) in [6, 6.07) is 5.01. The molecule has 0 aromatic carbocycles. The van der Waals surface area contributed by atoms with E-state index < -0.39 is 0 Å². The highest BCUT2D eigenvalue weighted by molar-refractivity contribution is 5.98. The van der Waals surface area contributed by atoms with E-state index in [2.05, 4.69) is 4.98 Å². The van der Waals surface area contributed by atoms with Crippen molar-refractivity contribution in [2.75, 3.05) is 7.11 Å². The van der Waals surface area contributed by atoms with E-state index in [-0.39, 0.29) is 23.9 Å². The average molecular weight is 221 g/mol. The monoisotopic (exact) mass is 221 g/mol. The van der Waals surface area contributed by atoms with Crippen molar-refractivity contribution < 1.29 is 14.3 Å². The van der Waals surface area contributed by atoms with Crippen molar-refractivity contribution in [2.45, 2.75) is 20.3 Å². The third-order valence-electron chi connectivity index (χ3n) is 2.23. The van der Waals surface area contributed by atoms with Gasteiger partial charge in [0.25, 0.3) is 0 Å². The summed E-state index contributed by atoms with van der Waals surface area (Å²) in [5.41, 5.74) is 0.341. The van der Waals surface area contributed by atoms with Gasteiger partial charge in [0.15, 0.2) is 5.78 Å². The number of rotatable bonds is 5. The normalized spacial score (nSPS) is 11.9. The van der Waals surface area contributed by atoms with Crippen molar-refractivity contribution in [2.24, 2.45) is 5.92 Å². The first kappa shape index (κ1) is 12.4. The molecule has 16 heavy (non-hydrogen) atoms. The van der Waals surface area contributed by atoms with E-state index in [0.29, 0.717) is 11.6 Å². The van der Waals surface area contributed by atoms with Gasteiger partial charge in [0.1, 0.15) is 11.5 Å². The van der Waals surface area contributed by atoms with Crippen LogP contribution in [0.15, 0.2) is 18.2 Å². The number of carbonyl (C=O) groups excluding carboxylic acids is 2. The number of hydrogen-bond acceptors (Lipinski definition) is 4. The van der Waals surface area contributed by atoms with Gasteiger partial charge < -0.3 is 9.53 Å². The van der Waals surface area contributed by atoms with E-state index in [1.54, 1.807) is 25.1 Å². The van der Waals surface area contributed by atoms with E-state index >= 15 is 0 Å². The van der Waals surface area contributed by atoms with Crippen LogP contribution in [0.25, 0.3) is 0 Å². The van der Waals surface area contributed by atoms with Crippen LogP contribution in [0.5, 0.6) is 5.88 Å². The highest BCUT2D eigenvalue weighted by atomic mass is 16.5.